The summed E-state index contributed by atoms with van der Waals surface area (Å²) in [5.41, 5.74) is 0. The van der Waals surface area contributed by atoms with Crippen molar-refractivity contribution in [2.75, 3.05) is 24.7 Å². The van der Waals surface area contributed by atoms with E-state index in [9.17, 15) is 8.42 Å². The largest absolute Gasteiger partial charge is 0.461 e. The quantitative estimate of drug-likeness (QED) is 0.696. The highest BCUT2D eigenvalue weighted by atomic mass is 35.5. The Labute approximate surface area is 117 Å². The number of nitrogens with one attached hydrogen (secondary N) is 2. The van der Waals surface area contributed by atoms with E-state index < -0.39 is 10.0 Å². The third-order valence-corrected chi connectivity index (χ3v) is 2.60. The van der Waals surface area contributed by atoms with Crippen LogP contribution in [0.2, 0.25) is 5.28 Å². The summed E-state index contributed by atoms with van der Waals surface area (Å²) in [6.07, 6.45) is 1.000. The van der Waals surface area contributed by atoms with Gasteiger partial charge in [-0.3, -0.25) is 0 Å². The highest BCUT2D eigenvalue weighted by molar-refractivity contribution is 7.88. The maximum Gasteiger partial charge on any atom is 0.322 e. The third-order valence-electron chi connectivity index (χ3n) is 1.70. The van der Waals surface area contributed by atoms with Gasteiger partial charge in [0.1, 0.15) is 0 Å². The molecule has 8 nitrogen and oxygen atoms in total. The average molecular weight is 310 g/mol. The molecule has 0 atom stereocenters. The normalized spacial score (nSPS) is 11.6. The van der Waals surface area contributed by atoms with Gasteiger partial charge in [-0.15, -0.1) is 0 Å². The van der Waals surface area contributed by atoms with E-state index >= 15 is 0 Å². The Bertz CT molecular complexity index is 523. The minimum absolute atomic E-state index is 0.00391. The molecule has 0 spiro atoms. The number of halogens is 1. The Kier molecular flexibility index (Phi) is 5.70. The highest BCUT2D eigenvalue weighted by Gasteiger charge is 2.07. The van der Waals surface area contributed by atoms with Crippen molar-refractivity contribution in [1.82, 2.24) is 19.7 Å². The van der Waals surface area contributed by atoms with Crippen LogP contribution in [0, 0.1) is 0 Å². The van der Waals surface area contributed by atoms with E-state index in [2.05, 4.69) is 25.0 Å². The smallest absolute Gasteiger partial charge is 0.322 e. The number of aromatic nitrogens is 3. The summed E-state index contributed by atoms with van der Waals surface area (Å²) in [7, 11) is -3.20. The number of sulfonamides is 1. The Hall–Kier alpha value is -1.19. The number of nitrogens with zero attached hydrogens (tertiary/aromatic N) is 3. The predicted octanol–water partition coefficient (Wildman–Crippen LogP) is 0.273. The lowest BCUT2D eigenvalue weighted by molar-refractivity contribution is 0.222. The van der Waals surface area contributed by atoms with E-state index in [1.807, 2.05) is 13.8 Å². The van der Waals surface area contributed by atoms with Gasteiger partial charge in [-0.05, 0) is 25.4 Å². The molecule has 0 bridgehead atoms. The van der Waals surface area contributed by atoms with Gasteiger partial charge >= 0.3 is 6.01 Å². The molecule has 10 heteroatoms. The first-order valence-corrected chi connectivity index (χ1v) is 7.80. The fourth-order valence-corrected chi connectivity index (χ4v) is 1.71. The number of ether oxygens (including phenoxy) is 1. The molecule has 1 aromatic heterocycles. The zero-order valence-corrected chi connectivity index (χ0v) is 12.4. The molecular weight excluding hydrogens is 294 g/mol. The van der Waals surface area contributed by atoms with Crippen LogP contribution in [0.25, 0.3) is 0 Å². The zero-order chi connectivity index (χ0) is 14.5. The Morgan fingerprint density at radius 1 is 1.26 bits per heavy atom. The second-order valence-electron chi connectivity index (χ2n) is 3.97. The van der Waals surface area contributed by atoms with Gasteiger partial charge in [0.2, 0.25) is 21.3 Å². The molecule has 1 rings (SSSR count). The van der Waals surface area contributed by atoms with Gasteiger partial charge in [-0.1, -0.05) is 0 Å². The fourth-order valence-electron chi connectivity index (χ4n) is 1.09. The topological polar surface area (TPSA) is 106 Å². The summed E-state index contributed by atoms with van der Waals surface area (Å²) in [6, 6.07) is 0.119. The van der Waals surface area contributed by atoms with E-state index in [4.69, 9.17) is 16.3 Å². The molecule has 108 valence electrons. The van der Waals surface area contributed by atoms with Crippen LogP contribution in [-0.4, -0.2) is 48.8 Å². The Balaban J connectivity index is 2.56. The second kappa shape index (κ2) is 6.83. The molecule has 1 heterocycles. The molecule has 0 unspecified atom stereocenters. The van der Waals surface area contributed by atoms with Crippen molar-refractivity contribution in [3.63, 3.8) is 0 Å². The molecule has 0 fully saturated rings. The van der Waals surface area contributed by atoms with E-state index in [0.29, 0.717) is 6.54 Å². The van der Waals surface area contributed by atoms with Crippen LogP contribution >= 0.6 is 11.6 Å². The van der Waals surface area contributed by atoms with Gasteiger partial charge in [0, 0.05) is 13.1 Å². The minimum atomic E-state index is -3.20. The molecule has 0 aromatic carbocycles. The molecular formula is C9H16ClN5O3S. The summed E-state index contributed by atoms with van der Waals surface area (Å²) >= 11 is 5.73. The minimum Gasteiger partial charge on any atom is -0.461 e. The number of rotatable bonds is 7. The molecule has 0 saturated carbocycles. The van der Waals surface area contributed by atoms with Crippen molar-refractivity contribution in [1.29, 1.82) is 0 Å². The summed E-state index contributed by atoms with van der Waals surface area (Å²) in [5, 5.41) is 2.82. The van der Waals surface area contributed by atoms with Crippen LogP contribution < -0.4 is 14.8 Å². The van der Waals surface area contributed by atoms with Crippen LogP contribution in [0.4, 0.5) is 5.95 Å². The Morgan fingerprint density at radius 3 is 2.53 bits per heavy atom. The predicted molar refractivity (Wildman–Crippen MR) is 71.9 cm³/mol. The molecule has 0 amide bonds. The molecule has 0 saturated heterocycles. The second-order valence-corrected chi connectivity index (χ2v) is 6.14. The van der Waals surface area contributed by atoms with Crippen LogP contribution in [-0.2, 0) is 10.0 Å². The van der Waals surface area contributed by atoms with Crippen molar-refractivity contribution in [2.24, 2.45) is 0 Å². The molecule has 0 aliphatic heterocycles. The number of anilines is 1. The lowest BCUT2D eigenvalue weighted by Gasteiger charge is -2.09. The monoisotopic (exact) mass is 309 g/mol. The molecule has 0 aliphatic carbocycles. The molecule has 2 N–H and O–H groups in total. The van der Waals surface area contributed by atoms with Gasteiger partial charge in [0.05, 0.1) is 12.4 Å². The van der Waals surface area contributed by atoms with E-state index in [-0.39, 0.29) is 29.9 Å². The average Bonchev–Trinajstić information content (AvgIpc) is 2.21. The summed E-state index contributed by atoms with van der Waals surface area (Å²) in [4.78, 5) is 11.7. The summed E-state index contributed by atoms with van der Waals surface area (Å²) in [6.45, 7) is 4.19. The first kappa shape index (κ1) is 15.9. The lowest BCUT2D eigenvalue weighted by atomic mass is 10.5. The van der Waals surface area contributed by atoms with Crippen molar-refractivity contribution >= 4 is 27.6 Å². The van der Waals surface area contributed by atoms with Gasteiger partial charge in [-0.25, -0.2) is 13.1 Å². The third kappa shape index (κ3) is 7.09. The standard InChI is InChI=1S/C9H16ClN5O3S/c1-6(2)18-9-14-7(10)13-8(15-9)11-4-5-12-19(3,16)17/h6,12H,4-5H2,1-3H3,(H,11,13,14,15). The number of hydrogen-bond acceptors (Lipinski definition) is 7. The Morgan fingerprint density at radius 2 is 1.95 bits per heavy atom. The van der Waals surface area contributed by atoms with E-state index in [0.717, 1.165) is 6.26 Å². The van der Waals surface area contributed by atoms with Gasteiger partial charge < -0.3 is 10.1 Å². The maximum atomic E-state index is 10.9. The van der Waals surface area contributed by atoms with E-state index in [1.165, 1.54) is 0 Å². The van der Waals surface area contributed by atoms with Gasteiger partial charge in [0.15, 0.2) is 0 Å². The van der Waals surface area contributed by atoms with Crippen LogP contribution in [0.3, 0.4) is 0 Å². The van der Waals surface area contributed by atoms with Gasteiger partial charge in [0.25, 0.3) is 0 Å². The van der Waals surface area contributed by atoms with Crippen molar-refractivity contribution in [3.05, 3.63) is 5.28 Å². The first-order chi connectivity index (χ1) is 8.76. The van der Waals surface area contributed by atoms with Crippen LogP contribution in [0.15, 0.2) is 0 Å². The molecule has 0 aliphatic rings. The first-order valence-electron chi connectivity index (χ1n) is 5.53. The SMILES string of the molecule is CC(C)Oc1nc(Cl)nc(NCCNS(C)(=O)=O)n1. The molecule has 0 radical (unpaired) electrons. The number of hydrogen-bond donors (Lipinski definition) is 2. The summed E-state index contributed by atoms with van der Waals surface area (Å²) < 4.78 is 29.3. The lowest BCUT2D eigenvalue weighted by Crippen LogP contribution is -2.28. The van der Waals surface area contributed by atoms with Crippen LogP contribution in [0.1, 0.15) is 13.8 Å². The van der Waals surface area contributed by atoms with Gasteiger partial charge in [-0.2, -0.15) is 15.0 Å². The van der Waals surface area contributed by atoms with E-state index in [1.54, 1.807) is 0 Å². The van der Waals surface area contributed by atoms with Crippen molar-refractivity contribution < 1.29 is 13.2 Å². The zero-order valence-electron chi connectivity index (χ0n) is 10.8. The van der Waals surface area contributed by atoms with Crippen LogP contribution in [0.5, 0.6) is 6.01 Å². The highest BCUT2D eigenvalue weighted by Crippen LogP contribution is 2.12. The molecule has 19 heavy (non-hydrogen) atoms. The van der Waals surface area contributed by atoms with Crippen molar-refractivity contribution in [2.45, 2.75) is 20.0 Å². The maximum absolute atomic E-state index is 10.9. The molecule has 1 aromatic rings. The fraction of sp³-hybridized carbons (Fsp3) is 0.667. The summed E-state index contributed by atoms with van der Waals surface area (Å²) in [5.74, 6) is 0.228. The van der Waals surface area contributed by atoms with Crippen molar-refractivity contribution in [3.8, 4) is 6.01 Å².